The third-order valence-corrected chi connectivity index (χ3v) is 4.05. The summed E-state index contributed by atoms with van der Waals surface area (Å²) in [4.78, 5) is 29.9. The lowest BCUT2D eigenvalue weighted by Crippen LogP contribution is -2.53. The third kappa shape index (κ3) is 2.27. The molecule has 1 aromatic rings. The molecule has 3 amide bonds. The first-order valence-corrected chi connectivity index (χ1v) is 6.95. The molecule has 2 saturated heterocycles. The predicted octanol–water partition coefficient (Wildman–Crippen LogP) is 0.298. The molecule has 2 aliphatic rings. The van der Waals surface area contributed by atoms with Crippen LogP contribution >= 0.6 is 0 Å². The van der Waals surface area contributed by atoms with Crippen molar-refractivity contribution in [1.82, 2.24) is 20.5 Å². The first kappa shape index (κ1) is 13.1. The van der Waals surface area contributed by atoms with Crippen LogP contribution in [0.1, 0.15) is 18.4 Å². The van der Waals surface area contributed by atoms with Crippen LogP contribution in [-0.4, -0.2) is 47.0 Å². The number of urea groups is 1. The number of nitrogens with one attached hydrogen (secondary N) is 2. The summed E-state index contributed by atoms with van der Waals surface area (Å²) in [6.07, 6.45) is 5.45. The number of aromatic nitrogens is 1. The van der Waals surface area contributed by atoms with Crippen LogP contribution in [0.15, 0.2) is 24.5 Å². The van der Waals surface area contributed by atoms with E-state index in [1.54, 1.807) is 12.4 Å². The Morgan fingerprint density at radius 1 is 1.30 bits per heavy atom. The van der Waals surface area contributed by atoms with Crippen molar-refractivity contribution in [3.05, 3.63) is 30.1 Å². The molecule has 1 aromatic heterocycles. The second kappa shape index (κ2) is 5.20. The zero-order valence-corrected chi connectivity index (χ0v) is 11.3. The Labute approximate surface area is 117 Å². The fraction of sp³-hybridized carbons (Fsp3) is 0.500. The molecular weight excluding hydrogens is 256 g/mol. The van der Waals surface area contributed by atoms with Crippen LogP contribution in [0.25, 0.3) is 0 Å². The molecule has 2 N–H and O–H groups in total. The minimum Gasteiger partial charge on any atom is -0.323 e. The van der Waals surface area contributed by atoms with Crippen LogP contribution in [0.5, 0.6) is 0 Å². The molecule has 1 spiro atoms. The Hall–Kier alpha value is -1.95. The molecule has 0 aliphatic carbocycles. The van der Waals surface area contributed by atoms with Crippen LogP contribution in [-0.2, 0) is 11.2 Å². The van der Waals surface area contributed by atoms with E-state index in [0.717, 1.165) is 18.7 Å². The van der Waals surface area contributed by atoms with E-state index in [2.05, 4.69) is 15.6 Å². The van der Waals surface area contributed by atoms with Gasteiger partial charge in [-0.05, 0) is 44.0 Å². The van der Waals surface area contributed by atoms with Gasteiger partial charge < -0.3 is 10.6 Å². The molecule has 6 nitrogen and oxygen atoms in total. The zero-order valence-electron chi connectivity index (χ0n) is 11.3. The van der Waals surface area contributed by atoms with Crippen molar-refractivity contribution in [3.8, 4) is 0 Å². The number of nitrogens with zero attached hydrogens (tertiary/aromatic N) is 2. The molecule has 0 radical (unpaired) electrons. The highest BCUT2D eigenvalue weighted by molar-refractivity contribution is 6.07. The SMILES string of the molecule is O=C1NC2(CCNCC2)C(=O)N1CCc1cccnc1. The van der Waals surface area contributed by atoms with Crippen LogP contribution < -0.4 is 10.6 Å². The summed E-state index contributed by atoms with van der Waals surface area (Å²) < 4.78 is 0. The molecule has 106 valence electrons. The summed E-state index contributed by atoms with van der Waals surface area (Å²) in [5.74, 6) is -0.0760. The summed E-state index contributed by atoms with van der Waals surface area (Å²) in [7, 11) is 0. The number of imide groups is 1. The van der Waals surface area contributed by atoms with Gasteiger partial charge >= 0.3 is 6.03 Å². The summed E-state index contributed by atoms with van der Waals surface area (Å²) in [6.45, 7) is 1.94. The van der Waals surface area contributed by atoms with Gasteiger partial charge in [0.1, 0.15) is 5.54 Å². The van der Waals surface area contributed by atoms with E-state index in [9.17, 15) is 9.59 Å². The van der Waals surface area contributed by atoms with Crippen molar-refractivity contribution in [2.75, 3.05) is 19.6 Å². The Morgan fingerprint density at radius 3 is 2.80 bits per heavy atom. The quantitative estimate of drug-likeness (QED) is 0.777. The fourth-order valence-corrected chi connectivity index (χ4v) is 2.86. The van der Waals surface area contributed by atoms with Gasteiger partial charge in [0.2, 0.25) is 0 Å². The molecule has 0 bridgehead atoms. The van der Waals surface area contributed by atoms with Gasteiger partial charge in [-0.1, -0.05) is 6.07 Å². The normalized spacial score (nSPS) is 21.3. The zero-order chi connectivity index (χ0) is 14.0. The molecule has 0 unspecified atom stereocenters. The van der Waals surface area contributed by atoms with E-state index in [4.69, 9.17) is 0 Å². The average molecular weight is 274 g/mol. The fourth-order valence-electron chi connectivity index (χ4n) is 2.86. The van der Waals surface area contributed by atoms with Gasteiger partial charge in [-0.25, -0.2) is 4.79 Å². The summed E-state index contributed by atoms with van der Waals surface area (Å²) in [6, 6.07) is 3.54. The summed E-state index contributed by atoms with van der Waals surface area (Å²) in [5.41, 5.74) is 0.358. The highest BCUT2D eigenvalue weighted by Crippen LogP contribution is 2.26. The van der Waals surface area contributed by atoms with Crippen molar-refractivity contribution >= 4 is 11.9 Å². The van der Waals surface area contributed by atoms with Crippen LogP contribution in [0.3, 0.4) is 0 Å². The summed E-state index contributed by atoms with van der Waals surface area (Å²) in [5, 5.41) is 6.10. The van der Waals surface area contributed by atoms with Crippen molar-refractivity contribution in [2.24, 2.45) is 0 Å². The van der Waals surface area contributed by atoms with E-state index in [1.807, 2.05) is 12.1 Å². The maximum Gasteiger partial charge on any atom is 0.325 e. The van der Waals surface area contributed by atoms with Gasteiger partial charge in [-0.3, -0.25) is 14.7 Å². The minimum absolute atomic E-state index is 0.0760. The second-order valence-corrected chi connectivity index (χ2v) is 5.33. The predicted molar refractivity (Wildman–Crippen MR) is 73.0 cm³/mol. The Kier molecular flexibility index (Phi) is 3.40. The number of carbonyl (C=O) groups excluding carboxylic acids is 2. The molecule has 0 saturated carbocycles. The van der Waals surface area contributed by atoms with Gasteiger partial charge in [0, 0.05) is 18.9 Å². The van der Waals surface area contributed by atoms with Gasteiger partial charge in [-0.2, -0.15) is 0 Å². The van der Waals surface area contributed by atoms with Crippen LogP contribution in [0.4, 0.5) is 4.79 Å². The maximum atomic E-state index is 12.5. The summed E-state index contributed by atoms with van der Waals surface area (Å²) >= 11 is 0. The van der Waals surface area contributed by atoms with Crippen molar-refractivity contribution in [1.29, 1.82) is 0 Å². The van der Waals surface area contributed by atoms with Gasteiger partial charge in [-0.15, -0.1) is 0 Å². The lowest BCUT2D eigenvalue weighted by molar-refractivity contribution is -0.132. The molecule has 6 heteroatoms. The Morgan fingerprint density at radius 2 is 2.10 bits per heavy atom. The van der Waals surface area contributed by atoms with Crippen molar-refractivity contribution in [3.63, 3.8) is 0 Å². The smallest absolute Gasteiger partial charge is 0.323 e. The van der Waals surface area contributed by atoms with Gasteiger partial charge in [0.25, 0.3) is 5.91 Å². The van der Waals surface area contributed by atoms with Gasteiger partial charge in [0.15, 0.2) is 0 Å². The lowest BCUT2D eigenvalue weighted by Gasteiger charge is -2.31. The Balaban J connectivity index is 1.68. The molecule has 2 aliphatic heterocycles. The molecular formula is C14H18N4O2. The first-order chi connectivity index (χ1) is 9.71. The first-order valence-electron chi connectivity index (χ1n) is 6.95. The number of carbonyl (C=O) groups is 2. The molecule has 0 aromatic carbocycles. The molecule has 3 rings (SSSR count). The highest BCUT2D eigenvalue weighted by atomic mass is 16.2. The van der Waals surface area contributed by atoms with Crippen LogP contribution in [0, 0.1) is 0 Å². The molecule has 20 heavy (non-hydrogen) atoms. The van der Waals surface area contributed by atoms with Crippen molar-refractivity contribution < 1.29 is 9.59 Å². The number of amides is 3. The van der Waals surface area contributed by atoms with E-state index in [-0.39, 0.29) is 11.9 Å². The molecule has 3 heterocycles. The van der Waals surface area contributed by atoms with Crippen molar-refractivity contribution in [2.45, 2.75) is 24.8 Å². The Bertz CT molecular complexity index is 511. The maximum absolute atomic E-state index is 12.5. The third-order valence-electron chi connectivity index (χ3n) is 4.05. The van der Waals surface area contributed by atoms with E-state index in [0.29, 0.717) is 25.8 Å². The standard InChI is InChI=1S/C14H18N4O2/c19-12-14(4-7-15-8-5-14)17-13(20)18(12)9-3-11-2-1-6-16-10-11/h1-2,6,10,15H,3-5,7-9H2,(H,17,20). The van der Waals surface area contributed by atoms with E-state index in [1.165, 1.54) is 4.90 Å². The topological polar surface area (TPSA) is 74.3 Å². The number of rotatable bonds is 3. The van der Waals surface area contributed by atoms with E-state index >= 15 is 0 Å². The highest BCUT2D eigenvalue weighted by Gasteiger charge is 2.50. The van der Waals surface area contributed by atoms with Crippen LogP contribution in [0.2, 0.25) is 0 Å². The lowest BCUT2D eigenvalue weighted by atomic mass is 9.88. The number of pyridine rings is 1. The molecule has 2 fully saturated rings. The molecule has 0 atom stereocenters. The van der Waals surface area contributed by atoms with Gasteiger partial charge in [0.05, 0.1) is 0 Å². The number of piperidine rings is 1. The number of hydrogen-bond donors (Lipinski definition) is 2. The monoisotopic (exact) mass is 274 g/mol. The average Bonchev–Trinajstić information content (AvgIpc) is 2.70. The minimum atomic E-state index is -0.669. The largest absolute Gasteiger partial charge is 0.325 e. The second-order valence-electron chi connectivity index (χ2n) is 5.33. The van der Waals surface area contributed by atoms with E-state index < -0.39 is 5.54 Å². The number of hydrogen-bond acceptors (Lipinski definition) is 4.